The van der Waals surface area contributed by atoms with E-state index in [9.17, 15) is 23.3 Å². The van der Waals surface area contributed by atoms with Crippen LogP contribution in [0.3, 0.4) is 0 Å². The first kappa shape index (κ1) is 20.2. The van der Waals surface area contributed by atoms with Gasteiger partial charge in [0.2, 0.25) is 10.0 Å². The lowest BCUT2D eigenvalue weighted by Crippen LogP contribution is -2.23. The summed E-state index contributed by atoms with van der Waals surface area (Å²) >= 11 is 0. The number of benzene rings is 2. The molecule has 9 nitrogen and oxygen atoms in total. The van der Waals surface area contributed by atoms with Crippen LogP contribution in [0.25, 0.3) is 0 Å². The Hall–Kier alpha value is -3.50. The molecule has 1 amide bonds. The minimum Gasteiger partial charge on any atom is -0.468 e. The van der Waals surface area contributed by atoms with Crippen LogP contribution < -0.4 is 10.0 Å². The largest absolute Gasteiger partial charge is 0.468 e. The molecule has 2 aromatic carbocycles. The van der Waals surface area contributed by atoms with Gasteiger partial charge in [-0.3, -0.25) is 14.9 Å². The van der Waals surface area contributed by atoms with Gasteiger partial charge >= 0.3 is 0 Å². The molecule has 0 spiro atoms. The summed E-state index contributed by atoms with van der Waals surface area (Å²) in [5.74, 6) is -0.0487. The van der Waals surface area contributed by atoms with Crippen molar-refractivity contribution >= 4 is 27.3 Å². The highest BCUT2D eigenvalue weighted by molar-refractivity contribution is 7.89. The van der Waals surface area contributed by atoms with Crippen molar-refractivity contribution in [3.8, 4) is 0 Å². The lowest BCUT2D eigenvalue weighted by Gasteiger charge is -2.08. The van der Waals surface area contributed by atoms with Gasteiger partial charge in [0, 0.05) is 22.9 Å². The number of nitro benzene ring substituents is 1. The molecule has 10 heteroatoms. The van der Waals surface area contributed by atoms with Gasteiger partial charge in [-0.1, -0.05) is 6.07 Å². The maximum atomic E-state index is 12.4. The number of hydrogen-bond acceptors (Lipinski definition) is 6. The Kier molecular flexibility index (Phi) is 5.76. The van der Waals surface area contributed by atoms with Gasteiger partial charge in [-0.25, -0.2) is 13.1 Å². The van der Waals surface area contributed by atoms with E-state index in [1.807, 2.05) is 0 Å². The highest BCUT2D eigenvalue weighted by Crippen LogP contribution is 2.23. The number of furan rings is 1. The average Bonchev–Trinajstić information content (AvgIpc) is 3.21. The molecule has 3 rings (SSSR count). The zero-order valence-electron chi connectivity index (χ0n) is 15.3. The molecule has 0 atom stereocenters. The summed E-state index contributed by atoms with van der Waals surface area (Å²) in [6.45, 7) is 1.60. The minimum atomic E-state index is -3.77. The fourth-order valence-corrected chi connectivity index (χ4v) is 3.53. The third-order valence-electron chi connectivity index (χ3n) is 4.11. The molecular formula is C19H17N3O6S. The van der Waals surface area contributed by atoms with Crippen LogP contribution in [-0.4, -0.2) is 19.2 Å². The number of anilines is 1. The molecule has 29 heavy (non-hydrogen) atoms. The van der Waals surface area contributed by atoms with Crippen LogP contribution >= 0.6 is 0 Å². The molecule has 0 saturated heterocycles. The summed E-state index contributed by atoms with van der Waals surface area (Å²) in [6.07, 6.45) is 1.44. The number of amides is 1. The second kappa shape index (κ2) is 8.25. The van der Waals surface area contributed by atoms with Crippen molar-refractivity contribution in [2.75, 3.05) is 5.32 Å². The van der Waals surface area contributed by atoms with E-state index in [-0.39, 0.29) is 28.4 Å². The Morgan fingerprint density at radius 2 is 1.86 bits per heavy atom. The lowest BCUT2D eigenvalue weighted by molar-refractivity contribution is -0.385. The zero-order chi connectivity index (χ0) is 21.0. The molecule has 1 heterocycles. The summed E-state index contributed by atoms with van der Waals surface area (Å²) < 4.78 is 32.1. The highest BCUT2D eigenvalue weighted by Gasteiger charge is 2.16. The molecule has 0 saturated carbocycles. The Labute approximate surface area is 166 Å². The van der Waals surface area contributed by atoms with Gasteiger partial charge in [0.05, 0.1) is 22.6 Å². The van der Waals surface area contributed by atoms with E-state index in [0.717, 1.165) is 0 Å². The highest BCUT2D eigenvalue weighted by atomic mass is 32.2. The molecule has 0 aliphatic carbocycles. The fraction of sp³-hybridized carbons (Fsp3) is 0.105. The van der Waals surface area contributed by atoms with Crippen LogP contribution in [0.2, 0.25) is 0 Å². The second-order valence-electron chi connectivity index (χ2n) is 6.14. The average molecular weight is 415 g/mol. The van der Waals surface area contributed by atoms with E-state index in [1.54, 1.807) is 25.1 Å². The van der Waals surface area contributed by atoms with Crippen LogP contribution in [0, 0.1) is 17.0 Å². The van der Waals surface area contributed by atoms with E-state index in [0.29, 0.717) is 11.3 Å². The second-order valence-corrected chi connectivity index (χ2v) is 7.91. The molecule has 150 valence electrons. The molecule has 0 aliphatic rings. The van der Waals surface area contributed by atoms with Crippen molar-refractivity contribution in [1.82, 2.24) is 4.72 Å². The van der Waals surface area contributed by atoms with Crippen molar-refractivity contribution in [2.24, 2.45) is 0 Å². The molecule has 0 aliphatic heterocycles. The van der Waals surface area contributed by atoms with Crippen LogP contribution in [0.4, 0.5) is 11.4 Å². The lowest BCUT2D eigenvalue weighted by atomic mass is 10.1. The topological polar surface area (TPSA) is 132 Å². The third kappa shape index (κ3) is 4.86. The number of carbonyl (C=O) groups excluding carboxylic acids is 1. The summed E-state index contributed by atoms with van der Waals surface area (Å²) in [5.41, 5.74) is 0.846. The number of nitrogens with zero attached hydrogens (tertiary/aromatic N) is 1. The van der Waals surface area contributed by atoms with Crippen molar-refractivity contribution < 1.29 is 22.6 Å². The summed E-state index contributed by atoms with van der Waals surface area (Å²) in [6, 6.07) is 13.0. The number of carbonyl (C=O) groups is 1. The molecular weight excluding hydrogens is 398 g/mol. The summed E-state index contributed by atoms with van der Waals surface area (Å²) in [7, 11) is -3.77. The van der Waals surface area contributed by atoms with Crippen LogP contribution in [-0.2, 0) is 16.6 Å². The van der Waals surface area contributed by atoms with E-state index in [4.69, 9.17) is 4.42 Å². The number of nitrogens with one attached hydrogen (secondary N) is 2. The molecule has 0 fully saturated rings. The predicted molar refractivity (Wildman–Crippen MR) is 105 cm³/mol. The predicted octanol–water partition coefficient (Wildman–Crippen LogP) is 3.23. The van der Waals surface area contributed by atoms with Gasteiger partial charge in [-0.15, -0.1) is 0 Å². The van der Waals surface area contributed by atoms with Crippen LogP contribution in [0.1, 0.15) is 21.7 Å². The Morgan fingerprint density at radius 3 is 2.48 bits per heavy atom. The van der Waals surface area contributed by atoms with Crippen LogP contribution in [0.5, 0.6) is 0 Å². The minimum absolute atomic E-state index is 0.00374. The number of hydrogen-bond donors (Lipinski definition) is 2. The first-order valence-electron chi connectivity index (χ1n) is 8.45. The van der Waals surface area contributed by atoms with E-state index < -0.39 is 20.9 Å². The molecule has 0 unspecified atom stereocenters. The number of nitro groups is 1. The number of aryl methyl sites for hydroxylation is 1. The van der Waals surface area contributed by atoms with E-state index >= 15 is 0 Å². The monoisotopic (exact) mass is 415 g/mol. The molecule has 0 radical (unpaired) electrons. The van der Waals surface area contributed by atoms with Crippen molar-refractivity contribution in [1.29, 1.82) is 0 Å². The smallest absolute Gasteiger partial charge is 0.274 e. The first-order chi connectivity index (χ1) is 13.8. The van der Waals surface area contributed by atoms with Gasteiger partial charge in [-0.05, 0) is 49.4 Å². The number of rotatable bonds is 7. The standard InChI is InChI=1S/C19H17N3O6S/c1-13-4-7-15(11-18(13)22(24)25)21-19(23)14-5-8-17(9-6-14)29(26,27)20-12-16-3-2-10-28-16/h2-11,20H,12H2,1H3,(H,21,23). The quantitative estimate of drug-likeness (QED) is 0.450. The summed E-state index contributed by atoms with van der Waals surface area (Å²) in [5, 5.41) is 13.6. The summed E-state index contributed by atoms with van der Waals surface area (Å²) in [4.78, 5) is 22.8. The molecule has 1 aromatic heterocycles. The van der Waals surface area contributed by atoms with E-state index in [1.165, 1.54) is 42.7 Å². The SMILES string of the molecule is Cc1ccc(NC(=O)c2ccc(S(=O)(=O)NCc3ccco3)cc2)cc1[N+](=O)[O-]. The number of sulfonamides is 1. The Bertz CT molecular complexity index is 1140. The molecule has 2 N–H and O–H groups in total. The van der Waals surface area contributed by atoms with Gasteiger partial charge in [-0.2, -0.15) is 0 Å². The van der Waals surface area contributed by atoms with Gasteiger partial charge < -0.3 is 9.73 Å². The van der Waals surface area contributed by atoms with Crippen molar-refractivity contribution in [3.05, 3.63) is 87.9 Å². The maximum absolute atomic E-state index is 12.4. The first-order valence-corrected chi connectivity index (χ1v) is 9.93. The Balaban J connectivity index is 1.70. The van der Waals surface area contributed by atoms with E-state index in [2.05, 4.69) is 10.0 Å². The van der Waals surface area contributed by atoms with Gasteiger partial charge in [0.25, 0.3) is 11.6 Å². The normalized spacial score (nSPS) is 11.2. The van der Waals surface area contributed by atoms with Gasteiger partial charge in [0.15, 0.2) is 0 Å². The third-order valence-corrected chi connectivity index (χ3v) is 5.52. The van der Waals surface area contributed by atoms with Gasteiger partial charge in [0.1, 0.15) is 5.76 Å². The molecule has 3 aromatic rings. The molecule has 0 bridgehead atoms. The fourth-order valence-electron chi connectivity index (χ4n) is 2.54. The van der Waals surface area contributed by atoms with Crippen LogP contribution in [0.15, 0.2) is 70.2 Å². The maximum Gasteiger partial charge on any atom is 0.274 e. The van der Waals surface area contributed by atoms with Crippen molar-refractivity contribution in [3.63, 3.8) is 0 Å². The Morgan fingerprint density at radius 1 is 1.14 bits per heavy atom. The van der Waals surface area contributed by atoms with Crippen molar-refractivity contribution in [2.45, 2.75) is 18.4 Å². The zero-order valence-corrected chi connectivity index (χ0v) is 16.1.